The molecule has 7 heteroatoms. The van der Waals surface area contributed by atoms with Gasteiger partial charge in [-0.3, -0.25) is 4.21 Å². The van der Waals surface area contributed by atoms with Gasteiger partial charge in [-0.15, -0.1) is 0 Å². The summed E-state index contributed by atoms with van der Waals surface area (Å²) in [4.78, 5) is 10.7. The van der Waals surface area contributed by atoms with Crippen LogP contribution in [0.15, 0.2) is 41.3 Å². The molecule has 0 heterocycles. The van der Waals surface area contributed by atoms with E-state index in [1.165, 1.54) is 0 Å². The minimum absolute atomic E-state index is 0.0108. The fraction of sp³-hybridized carbons (Fsp3) is 0.0714. The Morgan fingerprint density at radius 3 is 2.48 bits per heavy atom. The lowest BCUT2D eigenvalue weighted by Crippen LogP contribution is -2.03. The highest BCUT2D eigenvalue weighted by atomic mass is 35.5. The normalized spacial score (nSPS) is 12.1. The second-order valence-corrected chi connectivity index (χ2v) is 6.42. The molecule has 0 aliphatic carbocycles. The molecule has 3 nitrogen and oxygen atoms in total. The summed E-state index contributed by atoms with van der Waals surface area (Å²) in [7, 11) is -1.73. The third kappa shape index (κ3) is 3.81. The minimum Gasteiger partial charge on any atom is -0.478 e. The molecule has 2 rings (SSSR count). The van der Waals surface area contributed by atoms with Gasteiger partial charge in [-0.1, -0.05) is 29.3 Å². The van der Waals surface area contributed by atoms with Gasteiger partial charge in [0.2, 0.25) is 0 Å². The summed E-state index contributed by atoms with van der Waals surface area (Å²) in [6.07, 6.45) is 0. The van der Waals surface area contributed by atoms with E-state index in [0.717, 1.165) is 18.2 Å². The Kier molecular flexibility index (Phi) is 4.98. The molecular formula is C14H9Cl2FO3S. The van der Waals surface area contributed by atoms with Crippen LogP contribution < -0.4 is 0 Å². The Balaban J connectivity index is 2.29. The van der Waals surface area contributed by atoms with Crippen molar-refractivity contribution in [2.24, 2.45) is 0 Å². The van der Waals surface area contributed by atoms with Gasteiger partial charge in [0.15, 0.2) is 0 Å². The van der Waals surface area contributed by atoms with Crippen molar-refractivity contribution in [2.45, 2.75) is 10.6 Å². The molecule has 21 heavy (non-hydrogen) atoms. The van der Waals surface area contributed by atoms with E-state index in [-0.39, 0.29) is 16.2 Å². The van der Waals surface area contributed by atoms with Crippen molar-refractivity contribution in [1.82, 2.24) is 0 Å². The average Bonchev–Trinajstić information content (AvgIpc) is 2.43. The summed E-state index contributed by atoms with van der Waals surface area (Å²) >= 11 is 11.6. The van der Waals surface area contributed by atoms with Gasteiger partial charge < -0.3 is 5.11 Å². The second kappa shape index (κ2) is 6.56. The van der Waals surface area contributed by atoms with Gasteiger partial charge in [-0.05, 0) is 35.9 Å². The molecule has 0 saturated carbocycles. The van der Waals surface area contributed by atoms with Crippen LogP contribution in [0.4, 0.5) is 4.39 Å². The average molecular weight is 347 g/mol. The lowest BCUT2D eigenvalue weighted by molar-refractivity contribution is 0.0696. The summed E-state index contributed by atoms with van der Waals surface area (Å²) in [5.74, 6) is -1.90. The SMILES string of the molecule is O=C(O)c1ccc(F)c(S(=O)Cc2ccc(Cl)c(Cl)c2)c1. The Morgan fingerprint density at radius 2 is 1.86 bits per heavy atom. The standard InChI is InChI=1S/C14H9Cl2FO3S/c15-10-3-1-8(5-11(10)16)7-21(20)13-6-9(14(18)19)2-4-12(13)17/h1-6H,7H2,(H,18,19). The highest BCUT2D eigenvalue weighted by Gasteiger charge is 2.15. The van der Waals surface area contributed by atoms with Crippen LogP contribution in [0, 0.1) is 5.82 Å². The number of benzene rings is 2. The third-order valence-corrected chi connectivity index (χ3v) is 4.84. The fourth-order valence-corrected chi connectivity index (χ4v) is 3.17. The molecule has 1 unspecified atom stereocenters. The molecule has 2 aromatic rings. The Morgan fingerprint density at radius 1 is 1.14 bits per heavy atom. The highest BCUT2D eigenvalue weighted by Crippen LogP contribution is 2.25. The van der Waals surface area contributed by atoms with E-state index < -0.39 is 22.6 Å². The zero-order valence-corrected chi connectivity index (χ0v) is 12.8. The molecule has 0 amide bonds. The van der Waals surface area contributed by atoms with E-state index in [0.29, 0.717) is 15.6 Å². The zero-order chi connectivity index (χ0) is 15.6. The molecule has 0 aliphatic heterocycles. The summed E-state index contributed by atoms with van der Waals surface area (Å²) in [6.45, 7) is 0. The monoisotopic (exact) mass is 346 g/mol. The van der Waals surface area contributed by atoms with Crippen LogP contribution in [-0.2, 0) is 16.6 Å². The Labute approximate surface area is 132 Å². The Bertz CT molecular complexity index is 734. The van der Waals surface area contributed by atoms with Gasteiger partial charge >= 0.3 is 5.97 Å². The van der Waals surface area contributed by atoms with Crippen molar-refractivity contribution < 1.29 is 18.5 Å². The van der Waals surface area contributed by atoms with E-state index in [9.17, 15) is 13.4 Å². The van der Waals surface area contributed by atoms with E-state index in [4.69, 9.17) is 28.3 Å². The molecule has 0 radical (unpaired) electrons. The Hall–Kier alpha value is -1.43. The summed E-state index contributed by atoms with van der Waals surface area (Å²) in [6, 6.07) is 7.92. The highest BCUT2D eigenvalue weighted by molar-refractivity contribution is 7.84. The lowest BCUT2D eigenvalue weighted by atomic mass is 10.2. The number of hydrogen-bond acceptors (Lipinski definition) is 2. The number of carboxylic acid groups (broad SMARTS) is 1. The van der Waals surface area contributed by atoms with Crippen LogP contribution in [0.2, 0.25) is 10.0 Å². The van der Waals surface area contributed by atoms with E-state index in [1.54, 1.807) is 18.2 Å². The summed E-state index contributed by atoms with van der Waals surface area (Å²) < 4.78 is 25.9. The van der Waals surface area contributed by atoms with Gasteiger partial charge in [0.05, 0.1) is 37.1 Å². The summed E-state index contributed by atoms with van der Waals surface area (Å²) in [5, 5.41) is 9.56. The number of carboxylic acids is 1. The molecule has 0 aromatic heterocycles. The van der Waals surface area contributed by atoms with Crippen molar-refractivity contribution in [2.75, 3.05) is 0 Å². The van der Waals surface area contributed by atoms with Crippen LogP contribution in [0.25, 0.3) is 0 Å². The smallest absolute Gasteiger partial charge is 0.335 e. The number of hydrogen-bond donors (Lipinski definition) is 1. The van der Waals surface area contributed by atoms with Crippen molar-refractivity contribution in [1.29, 1.82) is 0 Å². The topological polar surface area (TPSA) is 54.4 Å². The summed E-state index contributed by atoms with van der Waals surface area (Å²) in [5.41, 5.74) is 0.497. The van der Waals surface area contributed by atoms with Crippen LogP contribution in [0.1, 0.15) is 15.9 Å². The first-order valence-corrected chi connectivity index (χ1v) is 7.81. The molecule has 0 spiro atoms. The molecule has 0 saturated heterocycles. The van der Waals surface area contributed by atoms with Crippen molar-refractivity contribution in [3.05, 3.63) is 63.4 Å². The first-order valence-electron chi connectivity index (χ1n) is 5.73. The van der Waals surface area contributed by atoms with Gasteiger partial charge in [-0.25, -0.2) is 9.18 Å². The molecular weight excluding hydrogens is 338 g/mol. The molecule has 0 fully saturated rings. The van der Waals surface area contributed by atoms with Gasteiger partial charge in [0, 0.05) is 0 Å². The van der Waals surface area contributed by atoms with Crippen molar-refractivity contribution >= 4 is 40.0 Å². The van der Waals surface area contributed by atoms with Gasteiger partial charge in [-0.2, -0.15) is 0 Å². The lowest BCUT2D eigenvalue weighted by Gasteiger charge is -2.06. The molecule has 2 aromatic carbocycles. The minimum atomic E-state index is -1.73. The predicted molar refractivity (Wildman–Crippen MR) is 79.9 cm³/mol. The molecule has 1 N–H and O–H groups in total. The maximum absolute atomic E-state index is 13.7. The second-order valence-electron chi connectivity index (χ2n) is 4.19. The van der Waals surface area contributed by atoms with Crippen molar-refractivity contribution in [3.63, 3.8) is 0 Å². The van der Waals surface area contributed by atoms with Crippen LogP contribution in [-0.4, -0.2) is 15.3 Å². The van der Waals surface area contributed by atoms with Gasteiger partial charge in [0.1, 0.15) is 5.82 Å². The first-order chi connectivity index (χ1) is 9.88. The molecule has 0 aliphatic rings. The van der Waals surface area contributed by atoms with Gasteiger partial charge in [0.25, 0.3) is 0 Å². The maximum atomic E-state index is 13.7. The fourth-order valence-electron chi connectivity index (χ4n) is 1.67. The molecule has 0 bridgehead atoms. The maximum Gasteiger partial charge on any atom is 0.335 e. The van der Waals surface area contributed by atoms with E-state index in [1.807, 2.05) is 0 Å². The predicted octanol–water partition coefficient (Wildman–Crippen LogP) is 4.14. The largest absolute Gasteiger partial charge is 0.478 e. The number of carbonyl (C=O) groups is 1. The van der Waals surface area contributed by atoms with Crippen LogP contribution in [0.3, 0.4) is 0 Å². The zero-order valence-electron chi connectivity index (χ0n) is 10.5. The molecule has 110 valence electrons. The van der Waals surface area contributed by atoms with Crippen LogP contribution >= 0.6 is 23.2 Å². The quantitative estimate of drug-likeness (QED) is 0.904. The number of rotatable bonds is 4. The van der Waals surface area contributed by atoms with Crippen molar-refractivity contribution in [3.8, 4) is 0 Å². The molecule has 1 atom stereocenters. The van der Waals surface area contributed by atoms with E-state index in [2.05, 4.69) is 0 Å². The van der Waals surface area contributed by atoms with Crippen LogP contribution in [0.5, 0.6) is 0 Å². The first kappa shape index (κ1) is 15.9. The third-order valence-electron chi connectivity index (χ3n) is 2.71. The number of halogens is 3. The number of aromatic carboxylic acids is 1. The van der Waals surface area contributed by atoms with E-state index >= 15 is 0 Å².